The van der Waals surface area contributed by atoms with Gasteiger partial charge < -0.3 is 9.84 Å². The fraction of sp³-hybridized carbons (Fsp3) is 1.00. The first kappa shape index (κ1) is 9.01. The zero-order chi connectivity index (χ0) is 8.10. The van der Waals surface area contributed by atoms with Crippen molar-refractivity contribution in [2.45, 2.75) is 38.7 Å². The molecule has 2 atom stereocenters. The van der Waals surface area contributed by atoms with Crippen molar-refractivity contribution < 1.29 is 9.84 Å². The predicted molar refractivity (Wildman–Crippen MR) is 44.5 cm³/mol. The molecule has 1 fully saturated rings. The summed E-state index contributed by atoms with van der Waals surface area (Å²) in [6, 6.07) is 0. The summed E-state index contributed by atoms with van der Waals surface area (Å²) in [5.41, 5.74) is 0. The topological polar surface area (TPSA) is 29.5 Å². The van der Waals surface area contributed by atoms with Crippen LogP contribution in [0.25, 0.3) is 0 Å². The maximum absolute atomic E-state index is 8.96. The molecule has 0 spiro atoms. The molecule has 0 aliphatic carbocycles. The molecular weight excluding hydrogens is 140 g/mol. The van der Waals surface area contributed by atoms with E-state index in [9.17, 15) is 0 Å². The molecule has 1 rings (SSSR count). The van der Waals surface area contributed by atoms with Crippen molar-refractivity contribution in [3.8, 4) is 0 Å². The second kappa shape index (κ2) is 4.73. The molecule has 1 aliphatic rings. The van der Waals surface area contributed by atoms with Crippen molar-refractivity contribution >= 4 is 0 Å². The Morgan fingerprint density at radius 2 is 2.36 bits per heavy atom. The van der Waals surface area contributed by atoms with Crippen LogP contribution in [0.5, 0.6) is 0 Å². The lowest BCUT2D eigenvalue weighted by molar-refractivity contribution is 0.0642. The van der Waals surface area contributed by atoms with Crippen LogP contribution in [0.2, 0.25) is 0 Å². The van der Waals surface area contributed by atoms with Gasteiger partial charge in [0.05, 0.1) is 6.10 Å². The number of aliphatic hydroxyl groups excluding tert-OH is 1. The third-order valence-corrected chi connectivity index (χ3v) is 2.42. The molecule has 0 aromatic rings. The third kappa shape index (κ3) is 2.46. The second-order valence-corrected chi connectivity index (χ2v) is 3.28. The van der Waals surface area contributed by atoms with Gasteiger partial charge in [-0.1, -0.05) is 19.8 Å². The van der Waals surface area contributed by atoms with Gasteiger partial charge >= 0.3 is 0 Å². The Morgan fingerprint density at radius 3 is 3.00 bits per heavy atom. The summed E-state index contributed by atoms with van der Waals surface area (Å²) >= 11 is 0. The Hall–Kier alpha value is -0.0800. The minimum atomic E-state index is 0.300. The average Bonchev–Trinajstić information content (AvgIpc) is 2.47. The lowest BCUT2D eigenvalue weighted by atomic mass is 9.98. The van der Waals surface area contributed by atoms with E-state index >= 15 is 0 Å². The number of hydrogen-bond donors (Lipinski definition) is 1. The van der Waals surface area contributed by atoms with Gasteiger partial charge in [-0.2, -0.15) is 0 Å². The molecule has 0 bridgehead atoms. The predicted octanol–water partition coefficient (Wildman–Crippen LogP) is 1.57. The highest BCUT2D eigenvalue weighted by Gasteiger charge is 2.26. The van der Waals surface area contributed by atoms with Gasteiger partial charge in [0, 0.05) is 19.1 Å². The van der Waals surface area contributed by atoms with E-state index in [4.69, 9.17) is 9.84 Å². The molecule has 2 nitrogen and oxygen atoms in total. The maximum Gasteiger partial charge on any atom is 0.0626 e. The van der Waals surface area contributed by atoms with E-state index in [0.717, 1.165) is 19.4 Å². The van der Waals surface area contributed by atoms with Crippen LogP contribution in [0.1, 0.15) is 32.6 Å². The zero-order valence-electron chi connectivity index (χ0n) is 7.25. The summed E-state index contributed by atoms with van der Waals surface area (Å²) in [5, 5.41) is 8.96. The Balaban J connectivity index is 2.20. The molecule has 0 amide bonds. The zero-order valence-corrected chi connectivity index (χ0v) is 7.25. The monoisotopic (exact) mass is 158 g/mol. The van der Waals surface area contributed by atoms with E-state index in [0.29, 0.717) is 18.6 Å². The van der Waals surface area contributed by atoms with Gasteiger partial charge in [-0.3, -0.25) is 0 Å². The summed E-state index contributed by atoms with van der Waals surface area (Å²) in [6.07, 6.45) is 4.96. The van der Waals surface area contributed by atoms with Crippen molar-refractivity contribution in [1.82, 2.24) is 0 Å². The van der Waals surface area contributed by atoms with Crippen molar-refractivity contribution in [3.05, 3.63) is 0 Å². The third-order valence-electron chi connectivity index (χ3n) is 2.42. The quantitative estimate of drug-likeness (QED) is 0.673. The summed E-state index contributed by atoms with van der Waals surface area (Å²) in [7, 11) is 0. The van der Waals surface area contributed by atoms with Crippen LogP contribution < -0.4 is 0 Å². The fourth-order valence-electron chi connectivity index (χ4n) is 1.63. The lowest BCUT2D eigenvalue weighted by Gasteiger charge is -2.15. The van der Waals surface area contributed by atoms with E-state index in [-0.39, 0.29) is 0 Å². The molecule has 0 aromatic heterocycles. The molecule has 1 saturated heterocycles. The van der Waals surface area contributed by atoms with Crippen molar-refractivity contribution in [2.75, 3.05) is 13.2 Å². The molecule has 0 radical (unpaired) electrons. The molecule has 2 unspecified atom stereocenters. The Kier molecular flexibility index (Phi) is 3.87. The maximum atomic E-state index is 8.96. The van der Waals surface area contributed by atoms with Gasteiger partial charge in [0.15, 0.2) is 0 Å². The molecule has 0 saturated carbocycles. The summed E-state index contributed by atoms with van der Waals surface area (Å²) in [6.45, 7) is 3.33. The van der Waals surface area contributed by atoms with E-state index in [1.165, 1.54) is 12.8 Å². The summed E-state index contributed by atoms with van der Waals surface area (Å²) < 4.78 is 5.50. The van der Waals surface area contributed by atoms with Crippen LogP contribution in [0.4, 0.5) is 0 Å². The summed E-state index contributed by atoms with van der Waals surface area (Å²) in [5.74, 6) is 0.418. The van der Waals surface area contributed by atoms with Gasteiger partial charge in [-0.15, -0.1) is 0 Å². The number of aliphatic hydroxyl groups is 1. The number of hydrogen-bond acceptors (Lipinski definition) is 2. The molecule has 1 aliphatic heterocycles. The van der Waals surface area contributed by atoms with Crippen LogP contribution in [-0.2, 0) is 4.74 Å². The first-order valence-electron chi connectivity index (χ1n) is 4.61. The van der Waals surface area contributed by atoms with Crippen LogP contribution in [-0.4, -0.2) is 24.4 Å². The van der Waals surface area contributed by atoms with Crippen LogP contribution >= 0.6 is 0 Å². The molecular formula is C9H18O2. The highest BCUT2D eigenvalue weighted by atomic mass is 16.5. The van der Waals surface area contributed by atoms with Gasteiger partial charge in [-0.25, -0.2) is 0 Å². The lowest BCUT2D eigenvalue weighted by Crippen LogP contribution is -2.18. The largest absolute Gasteiger partial charge is 0.396 e. The highest BCUT2D eigenvalue weighted by molar-refractivity contribution is 4.75. The number of rotatable bonds is 4. The van der Waals surface area contributed by atoms with Crippen molar-refractivity contribution in [1.29, 1.82) is 0 Å². The standard InChI is InChI=1S/C9H18O2/c1-2-3-4-9-8(7-10)5-6-11-9/h8-10H,2-7H2,1H3. The number of ether oxygens (including phenoxy) is 1. The fourth-order valence-corrected chi connectivity index (χ4v) is 1.63. The minimum Gasteiger partial charge on any atom is -0.396 e. The minimum absolute atomic E-state index is 0.300. The normalized spacial score (nSPS) is 31.1. The van der Waals surface area contributed by atoms with Gasteiger partial charge in [0.2, 0.25) is 0 Å². The van der Waals surface area contributed by atoms with E-state index < -0.39 is 0 Å². The Morgan fingerprint density at radius 1 is 1.55 bits per heavy atom. The smallest absolute Gasteiger partial charge is 0.0626 e. The first-order valence-corrected chi connectivity index (χ1v) is 4.61. The SMILES string of the molecule is CCCCC1OCCC1CO. The molecule has 11 heavy (non-hydrogen) atoms. The summed E-state index contributed by atoms with van der Waals surface area (Å²) in [4.78, 5) is 0. The molecule has 66 valence electrons. The van der Waals surface area contributed by atoms with E-state index in [2.05, 4.69) is 6.92 Å². The van der Waals surface area contributed by atoms with E-state index in [1.807, 2.05) is 0 Å². The van der Waals surface area contributed by atoms with Crippen LogP contribution in [0, 0.1) is 5.92 Å². The van der Waals surface area contributed by atoms with Gasteiger partial charge in [-0.05, 0) is 12.8 Å². The van der Waals surface area contributed by atoms with Crippen molar-refractivity contribution in [2.24, 2.45) is 5.92 Å². The van der Waals surface area contributed by atoms with E-state index in [1.54, 1.807) is 0 Å². The second-order valence-electron chi connectivity index (χ2n) is 3.28. The molecule has 0 aromatic carbocycles. The molecule has 1 N–H and O–H groups in total. The van der Waals surface area contributed by atoms with Crippen LogP contribution in [0.15, 0.2) is 0 Å². The highest BCUT2D eigenvalue weighted by Crippen LogP contribution is 2.24. The average molecular weight is 158 g/mol. The number of unbranched alkanes of at least 4 members (excludes halogenated alkanes) is 1. The molecule has 1 heterocycles. The van der Waals surface area contributed by atoms with Crippen LogP contribution in [0.3, 0.4) is 0 Å². The van der Waals surface area contributed by atoms with Gasteiger partial charge in [0.1, 0.15) is 0 Å². The van der Waals surface area contributed by atoms with Gasteiger partial charge in [0.25, 0.3) is 0 Å². The van der Waals surface area contributed by atoms with Crippen molar-refractivity contribution in [3.63, 3.8) is 0 Å². The molecule has 2 heteroatoms. The first-order chi connectivity index (χ1) is 5.38. The Labute approximate surface area is 68.6 Å². The Bertz CT molecular complexity index is 104.